The maximum Gasteiger partial charge on any atom is 0.307 e. The van der Waals surface area contributed by atoms with E-state index in [1.54, 1.807) is 0 Å². The Bertz CT molecular complexity index is 1110. The molecule has 0 radical (unpaired) electrons. The number of allylic oxidation sites excluding steroid dienone is 1. The van der Waals surface area contributed by atoms with E-state index in [0.29, 0.717) is 50.5 Å². The molecule has 0 aromatic carbocycles. The Kier molecular flexibility index (Phi) is 8.27. The van der Waals surface area contributed by atoms with Crippen LogP contribution in [-0.4, -0.2) is 55.6 Å². The molecular formula is C35H57NO6. The molecule has 11 atom stereocenters. The Morgan fingerprint density at radius 2 is 1.81 bits per heavy atom. The minimum absolute atomic E-state index is 0.144. The van der Waals surface area contributed by atoms with Gasteiger partial charge in [-0.1, -0.05) is 60.1 Å². The highest BCUT2D eigenvalue weighted by atomic mass is 16.6. The number of carbonyl (C=O) groups is 2. The van der Waals surface area contributed by atoms with E-state index in [1.165, 1.54) is 12.5 Å². The predicted molar refractivity (Wildman–Crippen MR) is 163 cm³/mol. The molecule has 7 nitrogen and oxygen atoms in total. The molecule has 2 bridgehead atoms. The predicted octanol–water partition coefficient (Wildman–Crippen LogP) is 6.24. The molecule has 0 aromatic rings. The van der Waals surface area contributed by atoms with Crippen LogP contribution in [-0.2, 0) is 23.8 Å². The third kappa shape index (κ3) is 4.37. The fourth-order valence-electron chi connectivity index (χ4n) is 11.5. The van der Waals surface area contributed by atoms with Gasteiger partial charge in [0.25, 0.3) is 0 Å². The van der Waals surface area contributed by atoms with Gasteiger partial charge >= 0.3 is 11.9 Å². The third-order valence-corrected chi connectivity index (χ3v) is 14.0. The smallest absolute Gasteiger partial charge is 0.307 e. The van der Waals surface area contributed by atoms with E-state index >= 15 is 0 Å². The summed E-state index contributed by atoms with van der Waals surface area (Å²) in [6.45, 7) is 19.8. The van der Waals surface area contributed by atoms with Crippen LogP contribution < -0.4 is 5.73 Å². The van der Waals surface area contributed by atoms with Crippen LogP contribution in [0.2, 0.25) is 0 Å². The van der Waals surface area contributed by atoms with Gasteiger partial charge in [0.2, 0.25) is 0 Å². The molecule has 1 saturated heterocycles. The van der Waals surface area contributed by atoms with Crippen molar-refractivity contribution in [2.75, 3.05) is 26.4 Å². The summed E-state index contributed by atoms with van der Waals surface area (Å²) in [5.41, 5.74) is 5.95. The summed E-state index contributed by atoms with van der Waals surface area (Å²) < 4.78 is 19.1. The van der Waals surface area contributed by atoms with E-state index < -0.39 is 11.9 Å². The monoisotopic (exact) mass is 587 g/mol. The molecule has 0 spiro atoms. The van der Waals surface area contributed by atoms with Crippen LogP contribution in [0, 0.1) is 56.7 Å². The number of rotatable bonds is 8. The van der Waals surface area contributed by atoms with E-state index in [0.717, 1.165) is 38.5 Å². The zero-order valence-corrected chi connectivity index (χ0v) is 27.5. The second-order valence-corrected chi connectivity index (χ2v) is 16.1. The first-order valence-corrected chi connectivity index (χ1v) is 16.6. The first kappa shape index (κ1) is 32.0. The summed E-state index contributed by atoms with van der Waals surface area (Å²) in [5.74, 6) is 0.0474. The normalized spacial score (nSPS) is 47.0. The van der Waals surface area contributed by atoms with Crippen LogP contribution in [0.25, 0.3) is 0 Å². The highest BCUT2D eigenvalue weighted by molar-refractivity contribution is 5.73. The third-order valence-electron chi connectivity index (χ3n) is 14.0. The van der Waals surface area contributed by atoms with E-state index in [-0.39, 0.29) is 51.2 Å². The number of carbonyl (C=O) groups excluding carboxylic acids is 1. The van der Waals surface area contributed by atoms with Gasteiger partial charge in [-0.2, -0.15) is 0 Å². The topological polar surface area (TPSA) is 108 Å². The van der Waals surface area contributed by atoms with Gasteiger partial charge in [-0.15, -0.1) is 0 Å². The largest absolute Gasteiger partial charge is 0.481 e. The molecule has 1 heterocycles. The van der Waals surface area contributed by atoms with Gasteiger partial charge in [0.05, 0.1) is 19.1 Å². The minimum Gasteiger partial charge on any atom is -0.481 e. The van der Waals surface area contributed by atoms with Crippen LogP contribution in [0.5, 0.6) is 0 Å². The Labute approximate surface area is 253 Å². The molecule has 4 aliphatic carbocycles. The average molecular weight is 588 g/mol. The van der Waals surface area contributed by atoms with Crippen molar-refractivity contribution in [3.05, 3.63) is 11.6 Å². The van der Waals surface area contributed by atoms with Crippen molar-refractivity contribution in [1.82, 2.24) is 0 Å². The zero-order chi connectivity index (χ0) is 30.9. The molecule has 7 heteroatoms. The first-order valence-electron chi connectivity index (χ1n) is 16.6. The van der Waals surface area contributed by atoms with Crippen molar-refractivity contribution < 1.29 is 28.9 Å². The fourth-order valence-corrected chi connectivity index (χ4v) is 11.5. The SMILES string of the molecule is CC(=O)O[C@@H]1C[C@@]23COC[C@@](C)([C@@H]2CC[C@H]2C3=CC[C@@]3(C)[C@H](C(=O)O)[C@@](C)([C@H](C)C(C)C)CCC23C)[C@H]1OCCCN. The number of carboxylic acids is 1. The fraction of sp³-hybridized carbons (Fsp3) is 0.886. The summed E-state index contributed by atoms with van der Waals surface area (Å²) >= 11 is 0. The Morgan fingerprint density at radius 1 is 1.10 bits per heavy atom. The number of fused-ring (bicyclic) bond motifs is 3. The highest BCUT2D eigenvalue weighted by Crippen LogP contribution is 2.75. The number of hydrogen-bond donors (Lipinski definition) is 2. The van der Waals surface area contributed by atoms with E-state index in [9.17, 15) is 14.7 Å². The Morgan fingerprint density at radius 3 is 2.43 bits per heavy atom. The average Bonchev–Trinajstić information content (AvgIpc) is 2.90. The molecule has 1 unspecified atom stereocenters. The van der Waals surface area contributed by atoms with Crippen LogP contribution >= 0.6 is 0 Å². The van der Waals surface area contributed by atoms with Crippen molar-refractivity contribution in [2.24, 2.45) is 62.4 Å². The van der Waals surface area contributed by atoms with Gasteiger partial charge in [0, 0.05) is 24.4 Å². The first-order chi connectivity index (χ1) is 19.6. The molecule has 4 fully saturated rings. The molecule has 5 rings (SSSR count). The minimum atomic E-state index is -0.638. The maximum atomic E-state index is 13.3. The number of carboxylic acid groups (broad SMARTS) is 1. The van der Waals surface area contributed by atoms with Gasteiger partial charge < -0.3 is 25.1 Å². The summed E-state index contributed by atoms with van der Waals surface area (Å²) in [6.07, 6.45) is 8.13. The molecule has 238 valence electrons. The second kappa shape index (κ2) is 10.9. The van der Waals surface area contributed by atoms with Crippen molar-refractivity contribution in [3.8, 4) is 0 Å². The quantitative estimate of drug-likeness (QED) is 0.197. The lowest BCUT2D eigenvalue weighted by molar-refractivity contribution is -0.267. The van der Waals surface area contributed by atoms with Gasteiger partial charge in [-0.05, 0) is 91.4 Å². The molecule has 5 aliphatic rings. The van der Waals surface area contributed by atoms with Gasteiger partial charge in [0.1, 0.15) is 12.2 Å². The lowest BCUT2D eigenvalue weighted by Gasteiger charge is -2.71. The second-order valence-electron chi connectivity index (χ2n) is 16.1. The van der Waals surface area contributed by atoms with Crippen molar-refractivity contribution in [1.29, 1.82) is 0 Å². The highest BCUT2D eigenvalue weighted by Gasteiger charge is 2.72. The molecule has 1 aliphatic heterocycles. The number of ether oxygens (including phenoxy) is 3. The zero-order valence-electron chi connectivity index (χ0n) is 27.5. The van der Waals surface area contributed by atoms with Gasteiger partial charge in [-0.3, -0.25) is 9.59 Å². The number of nitrogens with two attached hydrogens (primary N) is 1. The summed E-state index contributed by atoms with van der Waals surface area (Å²) in [5, 5.41) is 10.9. The van der Waals surface area contributed by atoms with Crippen molar-refractivity contribution >= 4 is 11.9 Å². The lowest BCUT2D eigenvalue weighted by Crippen LogP contribution is -2.70. The molecule has 3 N–H and O–H groups in total. The molecular weight excluding hydrogens is 530 g/mol. The number of aliphatic carboxylic acids is 1. The number of hydrogen-bond acceptors (Lipinski definition) is 6. The Hall–Kier alpha value is -1.44. The molecule has 42 heavy (non-hydrogen) atoms. The van der Waals surface area contributed by atoms with Crippen molar-refractivity contribution in [3.63, 3.8) is 0 Å². The van der Waals surface area contributed by atoms with Crippen LogP contribution in [0.4, 0.5) is 0 Å². The summed E-state index contributed by atoms with van der Waals surface area (Å²) in [4.78, 5) is 25.7. The molecule has 0 aromatic heterocycles. The van der Waals surface area contributed by atoms with Gasteiger partial charge in [-0.25, -0.2) is 0 Å². The number of esters is 1. The van der Waals surface area contributed by atoms with Crippen molar-refractivity contribution in [2.45, 2.75) is 113 Å². The van der Waals surface area contributed by atoms with Crippen LogP contribution in [0.3, 0.4) is 0 Å². The van der Waals surface area contributed by atoms with E-state index in [2.05, 4.69) is 54.5 Å². The Balaban J connectivity index is 1.59. The van der Waals surface area contributed by atoms with Crippen LogP contribution in [0.15, 0.2) is 11.6 Å². The maximum absolute atomic E-state index is 13.3. The standard InChI is InChI=1S/C35H57NO6/c1-21(2)22(3)31(5)14-15-33(7)24-10-11-27-32(6)19-40-20-35(27,25(24)12-13-34(33,8)28(31)30(38)39)18-26(42-23(4)37)29(32)41-17-9-16-36/h12,21-22,24,26-29H,9-11,13-20,36H2,1-8H3,(H,38,39)/t22-,24+,26-,27+,28-,29+,31-,32+,33?,34+,35+/m1/s1. The molecule has 3 saturated carbocycles. The van der Waals surface area contributed by atoms with Crippen LogP contribution in [0.1, 0.15) is 100 Å². The van der Waals surface area contributed by atoms with E-state index in [4.69, 9.17) is 19.9 Å². The molecule has 0 amide bonds. The van der Waals surface area contributed by atoms with E-state index in [1.807, 2.05) is 0 Å². The van der Waals surface area contributed by atoms with Gasteiger partial charge in [0.15, 0.2) is 0 Å². The summed E-state index contributed by atoms with van der Waals surface area (Å²) in [6, 6.07) is 0. The summed E-state index contributed by atoms with van der Waals surface area (Å²) in [7, 11) is 0. The lowest BCUT2D eigenvalue weighted by atomic mass is 9.34.